The Hall–Kier alpha value is -3.14. The molecule has 0 aliphatic rings. The third-order valence-electron chi connectivity index (χ3n) is 3.62. The maximum atomic E-state index is 12.5. The summed E-state index contributed by atoms with van der Waals surface area (Å²) in [7, 11) is 0. The Morgan fingerprint density at radius 2 is 1.70 bits per heavy atom. The Bertz CT molecular complexity index is 916. The van der Waals surface area contributed by atoms with E-state index in [-0.39, 0.29) is 5.84 Å². The van der Waals surface area contributed by atoms with E-state index in [1.807, 2.05) is 49.4 Å². The highest BCUT2D eigenvalue weighted by Gasteiger charge is 2.16. The fourth-order valence-corrected chi connectivity index (χ4v) is 2.45. The van der Waals surface area contributed by atoms with E-state index in [9.17, 15) is 4.79 Å². The summed E-state index contributed by atoms with van der Waals surface area (Å²) in [6.07, 6.45) is 0. The second-order valence-electron chi connectivity index (χ2n) is 5.36. The van der Waals surface area contributed by atoms with Crippen LogP contribution < -0.4 is 10.5 Å². The van der Waals surface area contributed by atoms with Gasteiger partial charge in [-0.15, -0.1) is 0 Å². The zero-order valence-electron chi connectivity index (χ0n) is 12.7. The Balaban J connectivity index is 1.94. The molecule has 0 radical (unpaired) electrons. The molecule has 0 aliphatic heterocycles. The lowest BCUT2D eigenvalue weighted by Gasteiger charge is -2.10. The molecule has 0 aliphatic carbocycles. The van der Waals surface area contributed by atoms with Crippen LogP contribution in [0.2, 0.25) is 0 Å². The van der Waals surface area contributed by atoms with Gasteiger partial charge in [0.25, 0.3) is 0 Å². The molecule has 0 saturated carbocycles. The number of nitrogens with one attached hydrogen (secondary N) is 1. The largest absolute Gasteiger partial charge is 0.423 e. The summed E-state index contributed by atoms with van der Waals surface area (Å²) in [6.45, 7) is 1.87. The number of rotatable bonds is 3. The van der Waals surface area contributed by atoms with Crippen molar-refractivity contribution in [1.29, 1.82) is 5.41 Å². The average molecular weight is 304 g/mol. The highest BCUT2D eigenvalue weighted by molar-refractivity contribution is 6.06. The summed E-state index contributed by atoms with van der Waals surface area (Å²) in [6, 6.07) is 18.5. The van der Waals surface area contributed by atoms with Crippen LogP contribution in [0.25, 0.3) is 10.8 Å². The van der Waals surface area contributed by atoms with Crippen molar-refractivity contribution in [2.45, 2.75) is 6.92 Å². The van der Waals surface area contributed by atoms with Gasteiger partial charge >= 0.3 is 5.97 Å². The molecule has 4 heteroatoms. The Morgan fingerprint density at radius 1 is 0.957 bits per heavy atom. The van der Waals surface area contributed by atoms with E-state index >= 15 is 0 Å². The van der Waals surface area contributed by atoms with E-state index in [1.54, 1.807) is 18.2 Å². The number of benzene rings is 3. The monoisotopic (exact) mass is 304 g/mol. The fraction of sp³-hybridized carbons (Fsp3) is 0.0526. The van der Waals surface area contributed by atoms with Crippen molar-refractivity contribution in [3.63, 3.8) is 0 Å². The van der Waals surface area contributed by atoms with E-state index in [2.05, 4.69) is 0 Å². The lowest BCUT2D eigenvalue weighted by Crippen LogP contribution is -2.19. The van der Waals surface area contributed by atoms with Crippen LogP contribution in [0.5, 0.6) is 5.75 Å². The number of amidine groups is 1. The number of nitrogen functional groups attached to an aromatic ring is 1. The van der Waals surface area contributed by atoms with E-state index in [0.29, 0.717) is 16.9 Å². The van der Waals surface area contributed by atoms with Gasteiger partial charge in [0, 0.05) is 5.56 Å². The van der Waals surface area contributed by atoms with Crippen LogP contribution >= 0.6 is 0 Å². The fourth-order valence-electron chi connectivity index (χ4n) is 2.45. The van der Waals surface area contributed by atoms with Crippen molar-refractivity contribution in [2.24, 2.45) is 5.73 Å². The first-order valence-electron chi connectivity index (χ1n) is 7.20. The topological polar surface area (TPSA) is 76.2 Å². The van der Waals surface area contributed by atoms with Gasteiger partial charge in [-0.3, -0.25) is 5.41 Å². The summed E-state index contributed by atoms with van der Waals surface area (Å²) in [5, 5.41) is 9.67. The first-order valence-corrected chi connectivity index (χ1v) is 7.20. The van der Waals surface area contributed by atoms with Gasteiger partial charge in [0.15, 0.2) is 0 Å². The van der Waals surface area contributed by atoms with Gasteiger partial charge in [-0.1, -0.05) is 48.0 Å². The van der Waals surface area contributed by atoms with Gasteiger partial charge in [-0.2, -0.15) is 0 Å². The Morgan fingerprint density at radius 3 is 2.43 bits per heavy atom. The Labute approximate surface area is 134 Å². The SMILES string of the molecule is Cc1ccc(C(=N)N)c(C(=O)Oc2ccc3ccccc3c2)c1. The molecule has 0 aromatic heterocycles. The lowest BCUT2D eigenvalue weighted by atomic mass is 10.0. The van der Waals surface area contributed by atoms with Crippen LogP contribution in [-0.2, 0) is 0 Å². The number of ether oxygens (including phenoxy) is 1. The summed E-state index contributed by atoms with van der Waals surface area (Å²) < 4.78 is 5.46. The second kappa shape index (κ2) is 5.93. The molecule has 4 nitrogen and oxygen atoms in total. The zero-order chi connectivity index (χ0) is 16.4. The number of hydrogen-bond donors (Lipinski definition) is 2. The van der Waals surface area contributed by atoms with E-state index in [1.165, 1.54) is 0 Å². The van der Waals surface area contributed by atoms with Crippen molar-refractivity contribution in [2.75, 3.05) is 0 Å². The number of fused-ring (bicyclic) bond motifs is 1. The van der Waals surface area contributed by atoms with E-state index in [0.717, 1.165) is 16.3 Å². The second-order valence-corrected chi connectivity index (χ2v) is 5.36. The molecule has 0 atom stereocenters. The van der Waals surface area contributed by atoms with Crippen LogP contribution in [0.3, 0.4) is 0 Å². The van der Waals surface area contributed by atoms with Crippen molar-refractivity contribution in [1.82, 2.24) is 0 Å². The summed E-state index contributed by atoms with van der Waals surface area (Å²) in [5.74, 6) is -0.214. The van der Waals surface area contributed by atoms with Crippen molar-refractivity contribution in [3.8, 4) is 5.75 Å². The molecule has 3 aromatic rings. The third-order valence-corrected chi connectivity index (χ3v) is 3.62. The zero-order valence-corrected chi connectivity index (χ0v) is 12.7. The van der Waals surface area contributed by atoms with Crippen LogP contribution in [0.15, 0.2) is 60.7 Å². The molecular formula is C19H16N2O2. The minimum Gasteiger partial charge on any atom is -0.423 e. The smallest absolute Gasteiger partial charge is 0.344 e. The first-order chi connectivity index (χ1) is 11.0. The highest BCUT2D eigenvalue weighted by atomic mass is 16.5. The molecule has 0 bridgehead atoms. The molecule has 0 spiro atoms. The number of nitrogens with two attached hydrogens (primary N) is 1. The quantitative estimate of drug-likeness (QED) is 0.335. The molecule has 114 valence electrons. The molecule has 0 amide bonds. The number of carbonyl (C=O) groups is 1. The first kappa shape index (κ1) is 14.8. The molecule has 3 N–H and O–H groups in total. The minimum absolute atomic E-state index is 0.157. The molecule has 0 unspecified atom stereocenters. The van der Waals surface area contributed by atoms with Crippen molar-refractivity contribution < 1.29 is 9.53 Å². The van der Waals surface area contributed by atoms with Gasteiger partial charge in [0.2, 0.25) is 0 Å². The summed E-state index contributed by atoms with van der Waals surface area (Å²) in [5.41, 5.74) is 7.12. The van der Waals surface area contributed by atoms with Gasteiger partial charge in [0.05, 0.1) is 5.56 Å². The van der Waals surface area contributed by atoms with Gasteiger partial charge in [-0.05, 0) is 35.9 Å². The number of aryl methyl sites for hydroxylation is 1. The minimum atomic E-state index is -0.519. The van der Waals surface area contributed by atoms with Crippen LogP contribution in [0, 0.1) is 12.3 Å². The van der Waals surface area contributed by atoms with Gasteiger partial charge in [0.1, 0.15) is 11.6 Å². The van der Waals surface area contributed by atoms with Gasteiger partial charge < -0.3 is 10.5 Å². The molecule has 0 heterocycles. The maximum Gasteiger partial charge on any atom is 0.344 e. The van der Waals surface area contributed by atoms with Crippen molar-refractivity contribution >= 4 is 22.6 Å². The standard InChI is InChI=1S/C19H16N2O2/c1-12-6-9-16(18(20)21)17(10-12)19(22)23-15-8-7-13-4-2-3-5-14(13)11-15/h2-11H,1H3,(H3,20,21). The van der Waals surface area contributed by atoms with Gasteiger partial charge in [-0.25, -0.2) is 4.79 Å². The molecule has 0 saturated heterocycles. The third kappa shape index (κ3) is 3.06. The predicted molar refractivity (Wildman–Crippen MR) is 91.1 cm³/mol. The van der Waals surface area contributed by atoms with E-state index < -0.39 is 5.97 Å². The molecular weight excluding hydrogens is 288 g/mol. The molecule has 0 fully saturated rings. The number of hydrogen-bond acceptors (Lipinski definition) is 3. The molecule has 23 heavy (non-hydrogen) atoms. The number of esters is 1. The molecule has 3 aromatic carbocycles. The highest BCUT2D eigenvalue weighted by Crippen LogP contribution is 2.22. The summed E-state index contributed by atoms with van der Waals surface area (Å²) >= 11 is 0. The number of carbonyl (C=O) groups excluding carboxylic acids is 1. The molecule has 3 rings (SSSR count). The Kier molecular flexibility index (Phi) is 3.81. The summed E-state index contributed by atoms with van der Waals surface area (Å²) in [4.78, 5) is 12.5. The average Bonchev–Trinajstić information content (AvgIpc) is 2.54. The van der Waals surface area contributed by atoms with E-state index in [4.69, 9.17) is 15.9 Å². The normalized spacial score (nSPS) is 10.5. The maximum absolute atomic E-state index is 12.5. The lowest BCUT2D eigenvalue weighted by molar-refractivity contribution is 0.0734. The van der Waals surface area contributed by atoms with Crippen molar-refractivity contribution in [3.05, 3.63) is 77.4 Å². The van der Waals surface area contributed by atoms with Crippen LogP contribution in [-0.4, -0.2) is 11.8 Å². The van der Waals surface area contributed by atoms with Crippen LogP contribution in [0.4, 0.5) is 0 Å². The van der Waals surface area contributed by atoms with Crippen LogP contribution in [0.1, 0.15) is 21.5 Å². The predicted octanol–water partition coefficient (Wildman–Crippen LogP) is 3.65.